The maximum Gasteiger partial charge on any atom is 0.209 e. The normalized spacial score (nSPS) is 15.8. The van der Waals surface area contributed by atoms with E-state index in [4.69, 9.17) is 5.73 Å². The molecule has 106 valence electrons. The summed E-state index contributed by atoms with van der Waals surface area (Å²) < 4.78 is 1.98. The highest BCUT2D eigenvalue weighted by Gasteiger charge is 2.21. The van der Waals surface area contributed by atoms with Crippen LogP contribution in [0, 0.1) is 0 Å². The van der Waals surface area contributed by atoms with E-state index in [1.54, 1.807) is 18.0 Å². The molecule has 2 heterocycles. The van der Waals surface area contributed by atoms with Gasteiger partial charge >= 0.3 is 0 Å². The number of hydrogen-bond donors (Lipinski definition) is 1. The molecule has 20 heavy (non-hydrogen) atoms. The zero-order valence-electron chi connectivity index (χ0n) is 11.3. The molecule has 0 spiro atoms. The molecule has 2 N–H and O–H groups in total. The molecule has 0 saturated heterocycles. The van der Waals surface area contributed by atoms with Crippen LogP contribution >= 0.6 is 11.8 Å². The molecular weight excluding hydrogens is 272 g/mol. The molecule has 2 aromatic rings. The second-order valence-electron chi connectivity index (χ2n) is 4.95. The minimum Gasteiger partial charge on any atom is -0.325 e. The monoisotopic (exact) mass is 290 g/mol. The molecule has 6 nitrogen and oxygen atoms in total. The van der Waals surface area contributed by atoms with Crippen LogP contribution in [-0.4, -0.2) is 25.2 Å². The van der Waals surface area contributed by atoms with Crippen molar-refractivity contribution in [3.8, 4) is 0 Å². The molecule has 0 atom stereocenters. The number of pyridine rings is 1. The van der Waals surface area contributed by atoms with E-state index >= 15 is 0 Å². The van der Waals surface area contributed by atoms with E-state index in [9.17, 15) is 0 Å². The van der Waals surface area contributed by atoms with E-state index in [2.05, 4.69) is 26.6 Å². The fraction of sp³-hybridized carbons (Fsp3) is 0.538. The third-order valence-electron chi connectivity index (χ3n) is 3.67. The lowest BCUT2D eigenvalue weighted by atomic mass is 10.2. The van der Waals surface area contributed by atoms with Crippen LogP contribution in [0.25, 0.3) is 0 Å². The Morgan fingerprint density at radius 1 is 1.35 bits per heavy atom. The van der Waals surface area contributed by atoms with Crippen molar-refractivity contribution in [2.24, 2.45) is 5.73 Å². The Balaban J connectivity index is 1.71. The van der Waals surface area contributed by atoms with Gasteiger partial charge in [0.05, 0.1) is 11.7 Å². The summed E-state index contributed by atoms with van der Waals surface area (Å²) in [7, 11) is 0. The van der Waals surface area contributed by atoms with Gasteiger partial charge in [0.25, 0.3) is 0 Å². The molecule has 3 rings (SSSR count). The van der Waals surface area contributed by atoms with Crippen molar-refractivity contribution in [3.63, 3.8) is 0 Å². The van der Waals surface area contributed by atoms with Gasteiger partial charge < -0.3 is 5.73 Å². The lowest BCUT2D eigenvalue weighted by Gasteiger charge is -2.11. The van der Waals surface area contributed by atoms with E-state index < -0.39 is 0 Å². The predicted octanol–water partition coefficient (Wildman–Crippen LogP) is 1.93. The van der Waals surface area contributed by atoms with E-state index in [0.717, 1.165) is 22.2 Å². The molecule has 0 bridgehead atoms. The lowest BCUT2D eigenvalue weighted by Crippen LogP contribution is -2.08. The summed E-state index contributed by atoms with van der Waals surface area (Å²) in [6.07, 6.45) is 6.68. The van der Waals surface area contributed by atoms with Crippen LogP contribution in [0.15, 0.2) is 23.5 Å². The van der Waals surface area contributed by atoms with E-state index in [-0.39, 0.29) is 0 Å². The minimum absolute atomic E-state index is 0.463. The zero-order valence-corrected chi connectivity index (χ0v) is 12.1. The SMILES string of the molecule is NCc1ncccc1CSc1nnnn1C1CCCC1. The average molecular weight is 290 g/mol. The van der Waals surface area contributed by atoms with Gasteiger partial charge in [0, 0.05) is 18.5 Å². The van der Waals surface area contributed by atoms with Crippen LogP contribution in [-0.2, 0) is 12.3 Å². The summed E-state index contributed by atoms with van der Waals surface area (Å²) in [5, 5.41) is 13.0. The van der Waals surface area contributed by atoms with Gasteiger partial charge in [-0.25, -0.2) is 4.68 Å². The van der Waals surface area contributed by atoms with Gasteiger partial charge in [-0.3, -0.25) is 4.98 Å². The number of nitrogens with two attached hydrogens (primary N) is 1. The largest absolute Gasteiger partial charge is 0.325 e. The zero-order chi connectivity index (χ0) is 13.8. The number of tetrazole rings is 1. The predicted molar refractivity (Wildman–Crippen MR) is 77.0 cm³/mol. The second kappa shape index (κ2) is 6.32. The summed E-state index contributed by atoms with van der Waals surface area (Å²) >= 11 is 1.65. The maximum atomic E-state index is 5.71. The average Bonchev–Trinajstić information content (AvgIpc) is 3.15. The maximum absolute atomic E-state index is 5.71. The molecule has 1 saturated carbocycles. The first-order valence-electron chi connectivity index (χ1n) is 6.92. The van der Waals surface area contributed by atoms with Gasteiger partial charge in [0.2, 0.25) is 5.16 Å². The summed E-state index contributed by atoms with van der Waals surface area (Å²) in [5.41, 5.74) is 7.81. The minimum atomic E-state index is 0.463. The Bertz CT molecular complexity index is 563. The van der Waals surface area contributed by atoms with Gasteiger partial charge in [-0.05, 0) is 34.9 Å². The molecule has 1 fully saturated rings. The van der Waals surface area contributed by atoms with Crippen molar-refractivity contribution in [2.45, 2.75) is 49.2 Å². The number of nitrogens with zero attached hydrogens (tertiary/aromatic N) is 5. The second-order valence-corrected chi connectivity index (χ2v) is 5.89. The van der Waals surface area contributed by atoms with Crippen molar-refractivity contribution in [1.29, 1.82) is 0 Å². The van der Waals surface area contributed by atoms with Crippen LogP contribution in [0.5, 0.6) is 0 Å². The number of aromatic nitrogens is 5. The first-order chi connectivity index (χ1) is 9.88. The van der Waals surface area contributed by atoms with Crippen LogP contribution in [0.2, 0.25) is 0 Å². The van der Waals surface area contributed by atoms with E-state index in [1.807, 2.05) is 10.7 Å². The fourth-order valence-electron chi connectivity index (χ4n) is 2.59. The topological polar surface area (TPSA) is 82.5 Å². The third kappa shape index (κ3) is 2.83. The van der Waals surface area contributed by atoms with Crippen LogP contribution < -0.4 is 5.73 Å². The third-order valence-corrected chi connectivity index (χ3v) is 4.65. The van der Waals surface area contributed by atoms with Gasteiger partial charge in [-0.2, -0.15) is 0 Å². The van der Waals surface area contributed by atoms with E-state index in [1.165, 1.54) is 25.7 Å². The first-order valence-corrected chi connectivity index (χ1v) is 7.90. The summed E-state index contributed by atoms with van der Waals surface area (Å²) in [6, 6.07) is 4.47. The smallest absolute Gasteiger partial charge is 0.209 e. The summed E-state index contributed by atoms with van der Waals surface area (Å²) in [5.74, 6) is 0.799. The van der Waals surface area contributed by atoms with Crippen molar-refractivity contribution in [3.05, 3.63) is 29.6 Å². The van der Waals surface area contributed by atoms with Crippen LogP contribution in [0.4, 0.5) is 0 Å². The van der Waals surface area contributed by atoms with E-state index in [0.29, 0.717) is 12.6 Å². The molecule has 1 aliphatic rings. The Morgan fingerprint density at radius 2 is 2.20 bits per heavy atom. The Kier molecular flexibility index (Phi) is 4.27. The first kappa shape index (κ1) is 13.5. The molecule has 7 heteroatoms. The lowest BCUT2D eigenvalue weighted by molar-refractivity contribution is 0.423. The Morgan fingerprint density at radius 3 is 3.00 bits per heavy atom. The molecule has 1 aliphatic carbocycles. The Hall–Kier alpha value is -1.47. The van der Waals surface area contributed by atoms with Crippen molar-refractivity contribution in [2.75, 3.05) is 0 Å². The number of thioether (sulfide) groups is 1. The van der Waals surface area contributed by atoms with Crippen molar-refractivity contribution < 1.29 is 0 Å². The highest BCUT2D eigenvalue weighted by molar-refractivity contribution is 7.98. The standard InChI is InChI=1S/C13H18N6S/c14-8-12-10(4-3-7-15-12)9-20-13-16-17-18-19(13)11-5-1-2-6-11/h3-4,7,11H,1-2,5-6,8-9,14H2. The molecule has 0 unspecified atom stereocenters. The van der Waals surface area contributed by atoms with Crippen LogP contribution in [0.1, 0.15) is 43.0 Å². The van der Waals surface area contributed by atoms with Crippen molar-refractivity contribution in [1.82, 2.24) is 25.2 Å². The van der Waals surface area contributed by atoms with Crippen LogP contribution in [0.3, 0.4) is 0 Å². The molecule has 2 aromatic heterocycles. The molecule has 0 aliphatic heterocycles. The van der Waals surface area contributed by atoms with Gasteiger partial charge in [-0.15, -0.1) is 5.10 Å². The number of hydrogen-bond acceptors (Lipinski definition) is 6. The summed E-state index contributed by atoms with van der Waals surface area (Å²) in [4.78, 5) is 4.30. The van der Waals surface area contributed by atoms with Gasteiger partial charge in [0.1, 0.15) is 0 Å². The molecule has 0 amide bonds. The number of rotatable bonds is 5. The highest BCUT2D eigenvalue weighted by Crippen LogP contribution is 2.32. The molecule has 0 radical (unpaired) electrons. The van der Waals surface area contributed by atoms with Gasteiger partial charge in [-0.1, -0.05) is 30.7 Å². The Labute approximate surface area is 122 Å². The highest BCUT2D eigenvalue weighted by atomic mass is 32.2. The quantitative estimate of drug-likeness (QED) is 0.847. The summed E-state index contributed by atoms with van der Waals surface area (Å²) in [6.45, 7) is 0.463. The van der Waals surface area contributed by atoms with Crippen molar-refractivity contribution >= 4 is 11.8 Å². The van der Waals surface area contributed by atoms with Gasteiger partial charge in [0.15, 0.2) is 0 Å². The molecule has 0 aromatic carbocycles. The fourth-order valence-corrected chi connectivity index (χ4v) is 3.55. The molecular formula is C13H18N6S.